The van der Waals surface area contributed by atoms with E-state index in [4.69, 9.17) is 5.73 Å². The molecular weight excluding hydrogens is 315 g/mol. The Hall–Kier alpha value is -0.0400. The summed E-state index contributed by atoms with van der Waals surface area (Å²) in [5, 5.41) is 3.07. The van der Waals surface area contributed by atoms with Gasteiger partial charge in [-0.25, -0.2) is 0 Å². The highest BCUT2D eigenvalue weighted by Crippen LogP contribution is 1.98. The summed E-state index contributed by atoms with van der Waals surface area (Å²) in [4.78, 5) is 6.69. The average molecular weight is 342 g/mol. The van der Waals surface area contributed by atoms with Gasteiger partial charge in [-0.05, 0) is 26.4 Å². The van der Waals surface area contributed by atoms with Crippen molar-refractivity contribution >= 4 is 29.9 Å². The van der Waals surface area contributed by atoms with Crippen LogP contribution in [0.2, 0.25) is 0 Å². The van der Waals surface area contributed by atoms with E-state index in [1.54, 1.807) is 0 Å². The first-order valence-electron chi connectivity index (χ1n) is 5.93. The second-order valence-electron chi connectivity index (χ2n) is 3.72. The van der Waals surface area contributed by atoms with Crippen molar-refractivity contribution in [2.75, 3.05) is 26.2 Å². The van der Waals surface area contributed by atoms with Crippen LogP contribution in [-0.4, -0.2) is 43.1 Å². The Bertz CT molecular complexity index is 181. The van der Waals surface area contributed by atoms with Gasteiger partial charge in [0, 0.05) is 12.6 Å². The largest absolute Gasteiger partial charge is 0.370 e. The predicted molar refractivity (Wildman–Crippen MR) is 82.6 cm³/mol. The Balaban J connectivity index is 0. The van der Waals surface area contributed by atoms with Crippen molar-refractivity contribution in [3.8, 4) is 0 Å². The molecule has 0 aliphatic rings. The number of aliphatic imine (C=N–C) groups is 1. The molecule has 0 bridgehead atoms. The summed E-state index contributed by atoms with van der Waals surface area (Å²) in [5.74, 6) is 0.566. The van der Waals surface area contributed by atoms with E-state index >= 15 is 0 Å². The first kappa shape index (κ1) is 18.3. The van der Waals surface area contributed by atoms with Crippen LogP contribution in [0.1, 0.15) is 34.1 Å². The SMILES string of the molecule is CCCNC(N)=NCC(C)N(CC)CC.I. The van der Waals surface area contributed by atoms with Gasteiger partial charge in [0.25, 0.3) is 0 Å². The Labute approximate surface area is 117 Å². The van der Waals surface area contributed by atoms with E-state index in [1.165, 1.54) is 0 Å². The minimum absolute atomic E-state index is 0. The molecule has 0 aromatic heterocycles. The molecule has 0 aromatic carbocycles. The molecule has 4 nitrogen and oxygen atoms in total. The van der Waals surface area contributed by atoms with Gasteiger partial charge in [0.2, 0.25) is 0 Å². The molecule has 0 fully saturated rings. The Kier molecular flexibility index (Phi) is 13.1. The molecule has 0 aliphatic carbocycles. The molecule has 1 unspecified atom stereocenters. The fraction of sp³-hybridized carbons (Fsp3) is 0.909. The van der Waals surface area contributed by atoms with Crippen molar-refractivity contribution in [2.24, 2.45) is 10.7 Å². The zero-order chi connectivity index (χ0) is 11.7. The Morgan fingerprint density at radius 2 is 1.88 bits per heavy atom. The molecular formula is C11H27IN4. The number of hydrogen-bond acceptors (Lipinski definition) is 2. The van der Waals surface area contributed by atoms with Crippen LogP contribution in [0.25, 0.3) is 0 Å². The van der Waals surface area contributed by atoms with Crippen LogP contribution < -0.4 is 11.1 Å². The highest BCUT2D eigenvalue weighted by Gasteiger charge is 2.08. The first-order valence-corrected chi connectivity index (χ1v) is 5.93. The van der Waals surface area contributed by atoms with Crippen LogP contribution in [0, 0.1) is 0 Å². The van der Waals surface area contributed by atoms with Crippen molar-refractivity contribution in [1.82, 2.24) is 10.2 Å². The zero-order valence-electron chi connectivity index (χ0n) is 11.0. The highest BCUT2D eigenvalue weighted by molar-refractivity contribution is 14.0. The van der Waals surface area contributed by atoms with Gasteiger partial charge in [-0.2, -0.15) is 0 Å². The van der Waals surface area contributed by atoms with Crippen LogP contribution in [0.5, 0.6) is 0 Å². The summed E-state index contributed by atoms with van der Waals surface area (Å²) < 4.78 is 0. The maximum Gasteiger partial charge on any atom is 0.188 e. The average Bonchev–Trinajstić information content (AvgIpc) is 2.25. The molecule has 0 saturated carbocycles. The minimum atomic E-state index is 0. The van der Waals surface area contributed by atoms with Gasteiger partial charge in [0.1, 0.15) is 0 Å². The molecule has 0 rings (SSSR count). The summed E-state index contributed by atoms with van der Waals surface area (Å²) in [6, 6.07) is 0.460. The van der Waals surface area contributed by atoms with Crippen molar-refractivity contribution in [1.29, 1.82) is 0 Å². The summed E-state index contributed by atoms with van der Waals surface area (Å²) in [6.45, 7) is 12.4. The topological polar surface area (TPSA) is 53.6 Å². The number of likely N-dealkylation sites (N-methyl/N-ethyl adjacent to an activating group) is 1. The third kappa shape index (κ3) is 8.15. The number of nitrogens with one attached hydrogen (secondary N) is 1. The monoisotopic (exact) mass is 342 g/mol. The third-order valence-electron chi connectivity index (χ3n) is 2.52. The smallest absolute Gasteiger partial charge is 0.188 e. The van der Waals surface area contributed by atoms with Gasteiger partial charge in [-0.3, -0.25) is 9.89 Å². The summed E-state index contributed by atoms with van der Waals surface area (Å²) in [6.07, 6.45) is 1.07. The first-order chi connectivity index (χ1) is 7.15. The van der Waals surface area contributed by atoms with Crippen LogP contribution in [0.4, 0.5) is 0 Å². The van der Waals surface area contributed by atoms with E-state index in [0.717, 1.165) is 32.6 Å². The lowest BCUT2D eigenvalue weighted by Gasteiger charge is -2.24. The molecule has 16 heavy (non-hydrogen) atoms. The van der Waals surface area contributed by atoms with Crippen LogP contribution in [0.15, 0.2) is 4.99 Å². The quantitative estimate of drug-likeness (QED) is 0.420. The fourth-order valence-corrected chi connectivity index (χ4v) is 1.50. The lowest BCUT2D eigenvalue weighted by molar-refractivity contribution is 0.237. The second-order valence-corrected chi connectivity index (χ2v) is 3.72. The summed E-state index contributed by atoms with van der Waals surface area (Å²) in [5.41, 5.74) is 5.71. The molecule has 0 heterocycles. The van der Waals surface area contributed by atoms with Gasteiger partial charge in [0.05, 0.1) is 6.54 Å². The van der Waals surface area contributed by atoms with E-state index in [1.807, 2.05) is 0 Å². The van der Waals surface area contributed by atoms with Crippen LogP contribution >= 0.6 is 24.0 Å². The number of nitrogens with zero attached hydrogens (tertiary/aromatic N) is 2. The Morgan fingerprint density at radius 1 is 1.31 bits per heavy atom. The molecule has 0 amide bonds. The van der Waals surface area contributed by atoms with Crippen molar-refractivity contribution in [3.63, 3.8) is 0 Å². The van der Waals surface area contributed by atoms with Gasteiger partial charge in [-0.15, -0.1) is 24.0 Å². The molecule has 0 radical (unpaired) electrons. The summed E-state index contributed by atoms with van der Waals surface area (Å²) in [7, 11) is 0. The number of guanidine groups is 1. The molecule has 98 valence electrons. The van der Waals surface area contributed by atoms with Gasteiger partial charge in [-0.1, -0.05) is 20.8 Å². The van der Waals surface area contributed by atoms with Gasteiger partial charge >= 0.3 is 0 Å². The van der Waals surface area contributed by atoms with Crippen molar-refractivity contribution in [3.05, 3.63) is 0 Å². The molecule has 1 atom stereocenters. The highest BCUT2D eigenvalue weighted by atomic mass is 127. The molecule has 3 N–H and O–H groups in total. The van der Waals surface area contributed by atoms with E-state index in [-0.39, 0.29) is 24.0 Å². The fourth-order valence-electron chi connectivity index (χ4n) is 1.50. The van der Waals surface area contributed by atoms with Crippen LogP contribution in [0.3, 0.4) is 0 Å². The van der Waals surface area contributed by atoms with E-state index in [9.17, 15) is 0 Å². The summed E-state index contributed by atoms with van der Waals surface area (Å²) >= 11 is 0. The number of halogens is 1. The maximum absolute atomic E-state index is 5.71. The molecule has 5 heteroatoms. The van der Waals surface area contributed by atoms with Crippen LogP contribution in [-0.2, 0) is 0 Å². The molecule has 0 spiro atoms. The maximum atomic E-state index is 5.71. The Morgan fingerprint density at radius 3 is 2.31 bits per heavy atom. The minimum Gasteiger partial charge on any atom is -0.370 e. The van der Waals surface area contributed by atoms with E-state index in [2.05, 4.69) is 42.9 Å². The predicted octanol–water partition coefficient (Wildman–Crippen LogP) is 1.65. The van der Waals surface area contributed by atoms with Gasteiger partial charge in [0.15, 0.2) is 5.96 Å². The second kappa shape index (κ2) is 11.4. The lowest BCUT2D eigenvalue weighted by Crippen LogP contribution is -2.37. The molecule has 0 aromatic rings. The van der Waals surface area contributed by atoms with Crippen molar-refractivity contribution < 1.29 is 0 Å². The molecule has 0 saturated heterocycles. The van der Waals surface area contributed by atoms with Crippen molar-refractivity contribution in [2.45, 2.75) is 40.2 Å². The standard InChI is InChI=1S/C11H26N4.HI/c1-5-8-13-11(12)14-9-10(4)15(6-2)7-3;/h10H,5-9H2,1-4H3,(H3,12,13,14);1H. The lowest BCUT2D eigenvalue weighted by atomic mass is 10.3. The number of rotatable bonds is 7. The number of nitrogens with two attached hydrogens (primary N) is 1. The van der Waals surface area contributed by atoms with E-state index < -0.39 is 0 Å². The third-order valence-corrected chi connectivity index (χ3v) is 2.52. The normalized spacial score (nSPS) is 13.4. The molecule has 0 aliphatic heterocycles. The van der Waals surface area contributed by atoms with E-state index in [0.29, 0.717) is 12.0 Å². The van der Waals surface area contributed by atoms with Gasteiger partial charge < -0.3 is 11.1 Å². The number of hydrogen-bond donors (Lipinski definition) is 2. The zero-order valence-corrected chi connectivity index (χ0v) is 13.3.